The Bertz CT molecular complexity index is 207. The fraction of sp³-hybridized carbons (Fsp3) is 0.889. The molecule has 0 aliphatic rings. The minimum atomic E-state index is -0.875. The summed E-state index contributed by atoms with van der Waals surface area (Å²) in [7, 11) is -0.875. The van der Waals surface area contributed by atoms with Crippen molar-refractivity contribution in [3.8, 4) is 0 Å². The molecule has 0 radical (unpaired) electrons. The molecule has 0 aliphatic carbocycles. The molecule has 2 unspecified atom stereocenters. The third-order valence-corrected chi connectivity index (χ3v) is 3.12. The van der Waals surface area contributed by atoms with E-state index in [9.17, 15) is 9.00 Å². The molecule has 0 heterocycles. The van der Waals surface area contributed by atoms with Crippen molar-refractivity contribution in [1.29, 1.82) is 0 Å². The van der Waals surface area contributed by atoms with Crippen LogP contribution in [-0.2, 0) is 15.6 Å². The lowest BCUT2D eigenvalue weighted by Gasteiger charge is -2.11. The number of nitrogens with one attached hydrogen (secondary N) is 2. The molecule has 0 bridgehead atoms. The van der Waals surface area contributed by atoms with Gasteiger partial charge in [0, 0.05) is 34.9 Å². The summed E-state index contributed by atoms with van der Waals surface area (Å²) in [6.07, 6.45) is 1.64. The molecule has 0 aromatic heterocycles. The highest BCUT2D eigenvalue weighted by Gasteiger charge is 2.08. The molecular formula is C9H20N2O2S. The summed E-state index contributed by atoms with van der Waals surface area (Å²) in [6, 6.07) is 0.304. The molecule has 0 aromatic carbocycles. The zero-order valence-electron chi connectivity index (χ0n) is 9.29. The van der Waals surface area contributed by atoms with E-state index in [0.29, 0.717) is 19.1 Å². The average molecular weight is 220 g/mol. The van der Waals surface area contributed by atoms with E-state index in [1.165, 1.54) is 0 Å². The second-order valence-corrected chi connectivity index (χ2v) is 5.45. The molecule has 0 spiro atoms. The van der Waals surface area contributed by atoms with E-state index in [4.69, 9.17) is 0 Å². The first-order chi connectivity index (χ1) is 6.43. The van der Waals surface area contributed by atoms with Crippen LogP contribution in [0.2, 0.25) is 0 Å². The summed E-state index contributed by atoms with van der Waals surface area (Å²) >= 11 is 0. The Morgan fingerprint density at radius 3 is 2.36 bits per heavy atom. The Hall–Kier alpha value is -0.420. The van der Waals surface area contributed by atoms with Crippen molar-refractivity contribution < 1.29 is 9.00 Å². The number of hydrogen-bond acceptors (Lipinski definition) is 3. The van der Waals surface area contributed by atoms with Crippen molar-refractivity contribution in [1.82, 2.24) is 10.6 Å². The fourth-order valence-electron chi connectivity index (χ4n) is 0.734. The van der Waals surface area contributed by atoms with E-state index < -0.39 is 10.8 Å². The molecule has 0 aromatic rings. The lowest BCUT2D eigenvalue weighted by atomic mass is 10.4. The summed E-state index contributed by atoms with van der Waals surface area (Å²) < 4.78 is 11.0. The van der Waals surface area contributed by atoms with Crippen molar-refractivity contribution in [2.45, 2.75) is 32.1 Å². The van der Waals surface area contributed by atoms with E-state index >= 15 is 0 Å². The molecule has 14 heavy (non-hydrogen) atoms. The molecule has 0 saturated carbocycles. The number of carbonyl (C=O) groups is 1. The summed E-state index contributed by atoms with van der Waals surface area (Å²) in [5.74, 6) is -0.0454. The van der Waals surface area contributed by atoms with Crippen LogP contribution in [0.1, 0.15) is 20.8 Å². The third-order valence-electron chi connectivity index (χ3n) is 1.82. The second-order valence-electron chi connectivity index (χ2n) is 3.65. The van der Waals surface area contributed by atoms with Gasteiger partial charge in [-0.1, -0.05) is 13.8 Å². The minimum absolute atomic E-state index is 0.0120. The first-order valence-corrected chi connectivity index (χ1v) is 6.38. The summed E-state index contributed by atoms with van der Waals surface area (Å²) in [4.78, 5) is 11.2. The van der Waals surface area contributed by atoms with Gasteiger partial charge >= 0.3 is 0 Å². The highest BCUT2D eigenvalue weighted by molar-refractivity contribution is 7.84. The Morgan fingerprint density at radius 1 is 1.36 bits per heavy atom. The van der Waals surface area contributed by atoms with Crippen LogP contribution < -0.4 is 10.6 Å². The standard InChI is InChI=1S/C9H20N2O2S/c1-7(2)10-6-9(12)11-5-8(3)14(4)13/h7-8,10H,5-6H2,1-4H3,(H,11,12). The van der Waals surface area contributed by atoms with Gasteiger partial charge in [-0.05, 0) is 6.92 Å². The van der Waals surface area contributed by atoms with Gasteiger partial charge < -0.3 is 10.6 Å². The summed E-state index contributed by atoms with van der Waals surface area (Å²) in [6.45, 7) is 6.61. The topological polar surface area (TPSA) is 58.2 Å². The van der Waals surface area contributed by atoms with Crippen LogP contribution in [0.3, 0.4) is 0 Å². The van der Waals surface area contributed by atoms with Crippen molar-refractivity contribution in [2.24, 2.45) is 0 Å². The molecular weight excluding hydrogens is 200 g/mol. The Kier molecular flexibility index (Phi) is 6.74. The molecule has 84 valence electrons. The molecule has 0 fully saturated rings. The minimum Gasteiger partial charge on any atom is -0.354 e. The monoisotopic (exact) mass is 220 g/mol. The van der Waals surface area contributed by atoms with Crippen molar-refractivity contribution in [3.63, 3.8) is 0 Å². The lowest BCUT2D eigenvalue weighted by Crippen LogP contribution is -2.40. The van der Waals surface area contributed by atoms with Gasteiger partial charge in [0.15, 0.2) is 0 Å². The Morgan fingerprint density at radius 2 is 1.93 bits per heavy atom. The van der Waals surface area contributed by atoms with Crippen LogP contribution in [0.5, 0.6) is 0 Å². The first kappa shape index (κ1) is 13.6. The van der Waals surface area contributed by atoms with Gasteiger partial charge in [-0.15, -0.1) is 0 Å². The highest BCUT2D eigenvalue weighted by Crippen LogP contribution is 1.89. The average Bonchev–Trinajstić information content (AvgIpc) is 2.10. The third kappa shape index (κ3) is 7.03. The van der Waals surface area contributed by atoms with Crippen LogP contribution in [0.25, 0.3) is 0 Å². The number of hydrogen-bond donors (Lipinski definition) is 2. The maximum absolute atomic E-state index is 11.2. The Labute approximate surface area is 88.3 Å². The normalized spacial score (nSPS) is 15.2. The van der Waals surface area contributed by atoms with Gasteiger partial charge in [0.1, 0.15) is 0 Å². The largest absolute Gasteiger partial charge is 0.354 e. The van der Waals surface area contributed by atoms with Gasteiger partial charge in [-0.2, -0.15) is 0 Å². The van der Waals surface area contributed by atoms with E-state index in [2.05, 4.69) is 10.6 Å². The molecule has 0 saturated heterocycles. The van der Waals surface area contributed by atoms with E-state index in [1.54, 1.807) is 6.26 Å². The van der Waals surface area contributed by atoms with Gasteiger partial charge in [-0.3, -0.25) is 9.00 Å². The van der Waals surface area contributed by atoms with E-state index in [0.717, 1.165) is 0 Å². The van der Waals surface area contributed by atoms with Crippen LogP contribution in [0, 0.1) is 0 Å². The number of amides is 1. The molecule has 0 aliphatic heterocycles. The molecule has 0 rings (SSSR count). The van der Waals surface area contributed by atoms with Gasteiger partial charge in [0.25, 0.3) is 0 Å². The van der Waals surface area contributed by atoms with Crippen LogP contribution >= 0.6 is 0 Å². The van der Waals surface area contributed by atoms with Crippen molar-refractivity contribution in [2.75, 3.05) is 19.3 Å². The van der Waals surface area contributed by atoms with Crippen LogP contribution in [-0.4, -0.2) is 40.8 Å². The first-order valence-electron chi connectivity index (χ1n) is 4.75. The van der Waals surface area contributed by atoms with Gasteiger partial charge in [0.2, 0.25) is 5.91 Å². The lowest BCUT2D eigenvalue weighted by molar-refractivity contribution is -0.120. The molecule has 2 N–H and O–H groups in total. The van der Waals surface area contributed by atoms with Crippen molar-refractivity contribution in [3.05, 3.63) is 0 Å². The zero-order valence-corrected chi connectivity index (χ0v) is 10.1. The van der Waals surface area contributed by atoms with Crippen molar-refractivity contribution >= 4 is 16.7 Å². The molecule has 2 atom stereocenters. The highest BCUT2D eigenvalue weighted by atomic mass is 32.2. The van der Waals surface area contributed by atoms with Crippen LogP contribution in [0.4, 0.5) is 0 Å². The quantitative estimate of drug-likeness (QED) is 0.655. The molecule has 5 heteroatoms. The number of rotatable bonds is 6. The van der Waals surface area contributed by atoms with Gasteiger partial charge in [0.05, 0.1) is 6.54 Å². The second kappa shape index (κ2) is 6.95. The Balaban J connectivity index is 3.59. The van der Waals surface area contributed by atoms with E-state index in [1.807, 2.05) is 20.8 Å². The summed E-state index contributed by atoms with van der Waals surface area (Å²) in [5.41, 5.74) is 0. The van der Waals surface area contributed by atoms with Gasteiger partial charge in [-0.25, -0.2) is 0 Å². The smallest absolute Gasteiger partial charge is 0.234 e. The van der Waals surface area contributed by atoms with E-state index in [-0.39, 0.29) is 11.2 Å². The SMILES string of the molecule is CC(C)NCC(=O)NCC(C)S(C)=O. The summed E-state index contributed by atoms with van der Waals surface area (Å²) in [5, 5.41) is 5.75. The predicted octanol–water partition coefficient (Wildman–Crippen LogP) is -0.132. The zero-order chi connectivity index (χ0) is 11.1. The maximum Gasteiger partial charge on any atom is 0.234 e. The molecule has 4 nitrogen and oxygen atoms in total. The molecule has 1 amide bonds. The fourth-order valence-corrected chi connectivity index (χ4v) is 1.05. The predicted molar refractivity (Wildman–Crippen MR) is 59.7 cm³/mol. The number of carbonyl (C=O) groups excluding carboxylic acids is 1. The van der Waals surface area contributed by atoms with Crippen LogP contribution in [0.15, 0.2) is 0 Å². The maximum atomic E-state index is 11.2.